The molecule has 8 nitrogen and oxygen atoms in total. The van der Waals surface area contributed by atoms with Gasteiger partial charge in [0, 0.05) is 50.7 Å². The van der Waals surface area contributed by atoms with Crippen molar-refractivity contribution in [3.63, 3.8) is 0 Å². The van der Waals surface area contributed by atoms with Gasteiger partial charge in [0.2, 0.25) is 0 Å². The summed E-state index contributed by atoms with van der Waals surface area (Å²) in [5.41, 5.74) is 1.94. The zero-order valence-electron chi connectivity index (χ0n) is 20.8. The van der Waals surface area contributed by atoms with Crippen molar-refractivity contribution in [3.8, 4) is 29.0 Å². The SMILES string of the molecule is COc1cccc(F)c1-c1nccc(Nc2cc(N3CCC[C@H](O)C3)c(C#CC3CCOCC3)cn2)n1. The van der Waals surface area contributed by atoms with Gasteiger partial charge in [-0.2, -0.15) is 0 Å². The van der Waals surface area contributed by atoms with Crippen LogP contribution in [0.4, 0.5) is 21.7 Å². The quantitative estimate of drug-likeness (QED) is 0.502. The van der Waals surface area contributed by atoms with Crippen LogP contribution in [0, 0.1) is 23.6 Å². The summed E-state index contributed by atoms with van der Waals surface area (Å²) in [7, 11) is 1.48. The number of nitrogens with one attached hydrogen (secondary N) is 1. The van der Waals surface area contributed by atoms with Gasteiger partial charge < -0.3 is 24.8 Å². The van der Waals surface area contributed by atoms with Gasteiger partial charge in [0.1, 0.15) is 23.2 Å². The predicted octanol–water partition coefficient (Wildman–Crippen LogP) is 4.17. The summed E-state index contributed by atoms with van der Waals surface area (Å²) in [5, 5.41) is 13.5. The van der Waals surface area contributed by atoms with E-state index in [1.165, 1.54) is 13.2 Å². The number of benzene rings is 1. The number of aliphatic hydroxyl groups excluding tert-OH is 1. The minimum atomic E-state index is -0.465. The minimum Gasteiger partial charge on any atom is -0.496 e. The van der Waals surface area contributed by atoms with Crippen LogP contribution in [0.15, 0.2) is 42.7 Å². The van der Waals surface area contributed by atoms with E-state index < -0.39 is 5.82 Å². The van der Waals surface area contributed by atoms with E-state index in [1.54, 1.807) is 30.6 Å². The summed E-state index contributed by atoms with van der Waals surface area (Å²) >= 11 is 0. The number of hydrogen-bond donors (Lipinski definition) is 2. The van der Waals surface area contributed by atoms with E-state index in [4.69, 9.17) is 9.47 Å². The van der Waals surface area contributed by atoms with Crippen molar-refractivity contribution in [3.05, 3.63) is 54.1 Å². The molecule has 37 heavy (non-hydrogen) atoms. The Balaban J connectivity index is 1.44. The maximum absolute atomic E-state index is 14.6. The summed E-state index contributed by atoms with van der Waals surface area (Å²) in [4.78, 5) is 15.5. The fourth-order valence-electron chi connectivity index (χ4n) is 4.64. The molecule has 5 rings (SSSR count). The number of anilines is 3. The van der Waals surface area contributed by atoms with E-state index in [-0.39, 0.29) is 17.5 Å². The predicted molar refractivity (Wildman–Crippen MR) is 139 cm³/mol. The smallest absolute Gasteiger partial charge is 0.168 e. The van der Waals surface area contributed by atoms with E-state index in [0.717, 1.165) is 56.7 Å². The van der Waals surface area contributed by atoms with Crippen LogP contribution >= 0.6 is 0 Å². The summed E-state index contributed by atoms with van der Waals surface area (Å²) in [5.74, 6) is 8.16. The van der Waals surface area contributed by atoms with Crippen molar-refractivity contribution in [1.82, 2.24) is 15.0 Å². The van der Waals surface area contributed by atoms with Crippen LogP contribution in [0.1, 0.15) is 31.2 Å². The molecule has 0 spiro atoms. The molecule has 2 aromatic heterocycles. The Morgan fingerprint density at radius 1 is 1.16 bits per heavy atom. The molecule has 2 fully saturated rings. The number of β-amino-alcohol motifs (C(OH)–C–C–N with tert-alkyl or cyclic N) is 1. The highest BCUT2D eigenvalue weighted by atomic mass is 19.1. The molecule has 0 unspecified atom stereocenters. The third kappa shape index (κ3) is 5.98. The first kappa shape index (κ1) is 24.9. The highest BCUT2D eigenvalue weighted by Crippen LogP contribution is 2.31. The number of ether oxygens (including phenoxy) is 2. The molecule has 2 aliphatic heterocycles. The topological polar surface area (TPSA) is 92.6 Å². The third-order valence-corrected chi connectivity index (χ3v) is 6.58. The number of piperidine rings is 1. The number of halogens is 1. The lowest BCUT2D eigenvalue weighted by atomic mass is 10.0. The standard InChI is InChI=1S/C28H30FN5O3/c1-36-24-6-2-5-22(29)27(24)28-30-12-9-25(33-28)32-26-16-23(34-13-3-4-21(35)18-34)20(17-31-26)8-7-19-10-14-37-15-11-19/h2,5-6,9,12,16-17,19,21,35H,3-4,10-11,13-15,18H2,1H3,(H,30,31,32,33)/t21-/m0/s1. The van der Waals surface area contributed by atoms with Crippen LogP contribution in [0.25, 0.3) is 11.4 Å². The van der Waals surface area contributed by atoms with E-state index in [9.17, 15) is 9.50 Å². The summed E-state index contributed by atoms with van der Waals surface area (Å²) in [6.45, 7) is 2.86. The van der Waals surface area contributed by atoms with Gasteiger partial charge in [0.15, 0.2) is 5.82 Å². The molecule has 2 saturated heterocycles. The zero-order valence-corrected chi connectivity index (χ0v) is 20.8. The second kappa shape index (κ2) is 11.5. The van der Waals surface area contributed by atoms with Crippen molar-refractivity contribution in [2.24, 2.45) is 5.92 Å². The molecule has 0 bridgehead atoms. The number of rotatable bonds is 5. The molecule has 1 aromatic carbocycles. The second-order valence-corrected chi connectivity index (χ2v) is 9.19. The Morgan fingerprint density at radius 2 is 2.03 bits per heavy atom. The summed E-state index contributed by atoms with van der Waals surface area (Å²) in [6.07, 6.45) is 6.49. The van der Waals surface area contributed by atoms with Gasteiger partial charge in [0.25, 0.3) is 0 Å². The maximum Gasteiger partial charge on any atom is 0.168 e. The maximum atomic E-state index is 14.6. The molecule has 4 heterocycles. The molecule has 3 aromatic rings. The lowest BCUT2D eigenvalue weighted by Crippen LogP contribution is -2.38. The van der Waals surface area contributed by atoms with Gasteiger partial charge in [-0.3, -0.25) is 0 Å². The molecule has 2 N–H and O–H groups in total. The van der Waals surface area contributed by atoms with Crippen LogP contribution in [0.3, 0.4) is 0 Å². The number of hydrogen-bond acceptors (Lipinski definition) is 8. The van der Waals surface area contributed by atoms with Gasteiger partial charge in [-0.05, 0) is 43.9 Å². The van der Waals surface area contributed by atoms with Crippen molar-refractivity contribution >= 4 is 17.3 Å². The first-order valence-corrected chi connectivity index (χ1v) is 12.6. The van der Waals surface area contributed by atoms with Crippen LogP contribution < -0.4 is 15.0 Å². The van der Waals surface area contributed by atoms with Gasteiger partial charge in [-0.15, -0.1) is 0 Å². The van der Waals surface area contributed by atoms with Crippen LogP contribution in [0.2, 0.25) is 0 Å². The number of aromatic nitrogens is 3. The van der Waals surface area contributed by atoms with Gasteiger partial charge >= 0.3 is 0 Å². The molecular formula is C28H30FN5O3. The lowest BCUT2D eigenvalue weighted by molar-refractivity contribution is 0.0807. The third-order valence-electron chi connectivity index (χ3n) is 6.58. The number of methoxy groups -OCH3 is 1. The summed E-state index contributed by atoms with van der Waals surface area (Å²) < 4.78 is 25.3. The van der Waals surface area contributed by atoms with E-state index in [1.807, 2.05) is 6.07 Å². The molecule has 0 saturated carbocycles. The first-order valence-electron chi connectivity index (χ1n) is 12.6. The van der Waals surface area contributed by atoms with E-state index in [2.05, 4.69) is 37.0 Å². The molecular weight excluding hydrogens is 473 g/mol. The van der Waals surface area contributed by atoms with Crippen molar-refractivity contribution in [2.45, 2.75) is 31.8 Å². The highest BCUT2D eigenvalue weighted by Gasteiger charge is 2.21. The van der Waals surface area contributed by atoms with Crippen LogP contribution in [0.5, 0.6) is 5.75 Å². The highest BCUT2D eigenvalue weighted by molar-refractivity contribution is 5.69. The fraction of sp³-hybridized carbons (Fsp3) is 0.393. The molecule has 2 aliphatic rings. The van der Waals surface area contributed by atoms with Gasteiger partial charge in [-0.25, -0.2) is 19.3 Å². The molecule has 0 radical (unpaired) electrons. The Morgan fingerprint density at radius 3 is 2.84 bits per heavy atom. The summed E-state index contributed by atoms with van der Waals surface area (Å²) in [6, 6.07) is 8.22. The largest absolute Gasteiger partial charge is 0.496 e. The number of pyridine rings is 1. The Kier molecular flexibility index (Phi) is 7.78. The molecule has 0 aliphatic carbocycles. The molecule has 0 amide bonds. The van der Waals surface area contributed by atoms with Gasteiger partial charge in [0.05, 0.1) is 30.0 Å². The molecule has 1 atom stereocenters. The van der Waals surface area contributed by atoms with Crippen molar-refractivity contribution in [2.75, 3.05) is 43.6 Å². The minimum absolute atomic E-state index is 0.198. The molecule has 192 valence electrons. The normalized spacial score (nSPS) is 18.1. The monoisotopic (exact) mass is 503 g/mol. The number of nitrogens with zero attached hydrogens (tertiary/aromatic N) is 4. The fourth-order valence-corrected chi connectivity index (χ4v) is 4.64. The average Bonchev–Trinajstić information content (AvgIpc) is 2.93. The number of aliphatic hydroxyl groups is 1. The van der Waals surface area contributed by atoms with Crippen LogP contribution in [-0.2, 0) is 4.74 Å². The zero-order chi connectivity index (χ0) is 25.6. The van der Waals surface area contributed by atoms with Gasteiger partial charge in [-0.1, -0.05) is 17.9 Å². The Hall–Kier alpha value is -3.74. The van der Waals surface area contributed by atoms with E-state index in [0.29, 0.717) is 29.8 Å². The Labute approximate surface area is 215 Å². The average molecular weight is 504 g/mol. The second-order valence-electron chi connectivity index (χ2n) is 9.19. The van der Waals surface area contributed by atoms with Crippen LogP contribution in [-0.4, -0.2) is 59.6 Å². The lowest BCUT2D eigenvalue weighted by Gasteiger charge is -2.32. The molecule has 9 heteroatoms. The van der Waals surface area contributed by atoms with E-state index >= 15 is 0 Å². The Bertz CT molecular complexity index is 1300. The first-order chi connectivity index (χ1) is 18.1. The van der Waals surface area contributed by atoms with Crippen molar-refractivity contribution in [1.29, 1.82) is 0 Å². The van der Waals surface area contributed by atoms with Crippen molar-refractivity contribution < 1.29 is 19.0 Å².